The number of hydrogen-bond donors (Lipinski definition) is 2. The minimum Gasteiger partial charge on any atom is -0.439 e. The third kappa shape index (κ3) is 5.03. The Kier molecular flexibility index (Phi) is 6.94. The summed E-state index contributed by atoms with van der Waals surface area (Å²) in [5, 5.41) is 15.4. The van der Waals surface area contributed by atoms with Crippen molar-refractivity contribution in [2.24, 2.45) is 0 Å². The van der Waals surface area contributed by atoms with Crippen LogP contribution in [0.25, 0.3) is 10.2 Å². The first-order valence-corrected chi connectivity index (χ1v) is 13.9. The van der Waals surface area contributed by atoms with Gasteiger partial charge in [-0.05, 0) is 44.0 Å². The number of aromatic nitrogens is 2. The van der Waals surface area contributed by atoms with Crippen LogP contribution in [0.5, 0.6) is 11.6 Å². The lowest BCUT2D eigenvalue weighted by atomic mass is 10.0. The number of carbonyl (C=O) groups is 3. The Bertz CT molecular complexity index is 1720. The molecule has 1 atom stereocenters. The average Bonchev–Trinajstić information content (AvgIpc) is 3.34. The first-order valence-electron chi connectivity index (χ1n) is 13.1. The predicted octanol–water partition coefficient (Wildman–Crippen LogP) is 5.11. The van der Waals surface area contributed by atoms with E-state index in [1.54, 1.807) is 36.2 Å². The molecule has 1 unspecified atom stereocenters. The molecule has 12 heteroatoms. The Morgan fingerprint density at radius 2 is 2.02 bits per heavy atom. The highest BCUT2D eigenvalue weighted by Crippen LogP contribution is 2.46. The molecule has 3 aromatic heterocycles. The summed E-state index contributed by atoms with van der Waals surface area (Å²) in [6.45, 7) is 2.70. The molecule has 2 aliphatic rings. The molecule has 2 N–H and O–H groups in total. The predicted molar refractivity (Wildman–Crippen MR) is 154 cm³/mol. The summed E-state index contributed by atoms with van der Waals surface area (Å²) in [4.78, 5) is 52.2. The molecule has 0 aliphatic carbocycles. The number of urea groups is 1. The number of nitrogens with zero attached hydrogens (tertiary/aromatic N) is 5. The van der Waals surface area contributed by atoms with Crippen LogP contribution in [-0.2, 0) is 4.79 Å². The molecule has 4 aromatic rings. The van der Waals surface area contributed by atoms with Gasteiger partial charge in [-0.1, -0.05) is 18.2 Å². The summed E-state index contributed by atoms with van der Waals surface area (Å²) < 4.78 is 5.85. The lowest BCUT2D eigenvalue weighted by Crippen LogP contribution is -2.49. The Morgan fingerprint density at radius 1 is 1.20 bits per heavy atom. The number of carbonyl (C=O) groups excluding carboxylic acids is 3. The highest BCUT2D eigenvalue weighted by Gasteiger charge is 2.34. The van der Waals surface area contributed by atoms with Crippen LogP contribution < -0.4 is 20.3 Å². The van der Waals surface area contributed by atoms with E-state index in [0.717, 1.165) is 6.42 Å². The maximum Gasteiger partial charge on any atom is 0.331 e. The van der Waals surface area contributed by atoms with E-state index in [-0.39, 0.29) is 24.3 Å². The molecule has 0 spiro atoms. The zero-order chi connectivity index (χ0) is 28.5. The normalized spacial score (nSPS) is 16.2. The molecule has 41 heavy (non-hydrogen) atoms. The second-order valence-corrected chi connectivity index (χ2v) is 10.7. The molecular formula is C29H25N7O4S. The number of likely N-dealkylation sites (tertiary alicyclic amines) is 1. The number of piperidine rings is 1. The zero-order valence-corrected chi connectivity index (χ0v) is 22.9. The van der Waals surface area contributed by atoms with E-state index >= 15 is 0 Å². The summed E-state index contributed by atoms with van der Waals surface area (Å²) in [6.07, 6.45) is 2.86. The van der Waals surface area contributed by atoms with E-state index in [9.17, 15) is 14.4 Å². The van der Waals surface area contributed by atoms with E-state index in [1.165, 1.54) is 16.2 Å². The van der Waals surface area contributed by atoms with Crippen LogP contribution in [0.15, 0.2) is 54.7 Å². The molecule has 2 aliphatic heterocycles. The summed E-state index contributed by atoms with van der Waals surface area (Å²) in [7, 11) is 0. The van der Waals surface area contributed by atoms with Crippen LogP contribution >= 0.6 is 11.3 Å². The second-order valence-electron chi connectivity index (χ2n) is 9.74. The van der Waals surface area contributed by atoms with E-state index in [1.807, 2.05) is 36.4 Å². The molecule has 0 bridgehead atoms. The molecule has 0 radical (unpaired) electrons. The van der Waals surface area contributed by atoms with E-state index < -0.39 is 6.03 Å². The van der Waals surface area contributed by atoms with Gasteiger partial charge in [-0.25, -0.2) is 14.8 Å². The molecule has 11 nitrogen and oxygen atoms in total. The quantitative estimate of drug-likeness (QED) is 0.330. The largest absolute Gasteiger partial charge is 0.439 e. The summed E-state index contributed by atoms with van der Waals surface area (Å²) in [6, 6.07) is 15.7. The van der Waals surface area contributed by atoms with Crippen molar-refractivity contribution in [2.45, 2.75) is 32.2 Å². The van der Waals surface area contributed by atoms with Gasteiger partial charge in [-0.3, -0.25) is 14.5 Å². The number of amides is 4. The second kappa shape index (κ2) is 10.9. The molecule has 4 amide bonds. The number of ether oxygens (including phenoxy) is 1. The van der Waals surface area contributed by atoms with Gasteiger partial charge < -0.3 is 20.3 Å². The SMILES string of the molecule is Cc1nc(Oc2ccccc2)ccc1N1C(=O)Nc2c(C(=O)NC3CCCN(C(=O)CC#N)C3)sc3nccc1c23. The van der Waals surface area contributed by atoms with Crippen molar-refractivity contribution < 1.29 is 19.1 Å². The number of hydrogen-bond acceptors (Lipinski definition) is 8. The van der Waals surface area contributed by atoms with Gasteiger partial charge in [0.05, 0.1) is 34.2 Å². The number of nitriles is 1. The van der Waals surface area contributed by atoms with Gasteiger partial charge in [0, 0.05) is 31.4 Å². The van der Waals surface area contributed by atoms with Gasteiger partial charge in [-0.2, -0.15) is 5.26 Å². The maximum absolute atomic E-state index is 13.5. The average molecular weight is 568 g/mol. The molecule has 0 saturated carbocycles. The van der Waals surface area contributed by atoms with E-state index in [0.29, 0.717) is 69.0 Å². The first kappa shape index (κ1) is 26.2. The highest BCUT2D eigenvalue weighted by atomic mass is 32.1. The minimum absolute atomic E-state index is 0.185. The molecule has 1 aromatic carbocycles. The lowest BCUT2D eigenvalue weighted by Gasteiger charge is -2.33. The monoisotopic (exact) mass is 567 g/mol. The zero-order valence-electron chi connectivity index (χ0n) is 22.1. The van der Waals surface area contributed by atoms with Crippen molar-refractivity contribution >= 4 is 56.5 Å². The number of rotatable bonds is 6. The Labute approximate surface area is 239 Å². The summed E-state index contributed by atoms with van der Waals surface area (Å²) in [5.41, 5.74) is 2.16. The maximum atomic E-state index is 13.5. The molecule has 1 fully saturated rings. The molecule has 5 heterocycles. The van der Waals surface area contributed by atoms with E-state index in [2.05, 4.69) is 20.6 Å². The third-order valence-corrected chi connectivity index (χ3v) is 8.13. The Morgan fingerprint density at radius 3 is 2.80 bits per heavy atom. The van der Waals surface area contributed by atoms with Crippen LogP contribution in [-0.4, -0.2) is 51.8 Å². The third-order valence-electron chi connectivity index (χ3n) is 7.03. The van der Waals surface area contributed by atoms with Crippen LogP contribution in [0.4, 0.5) is 21.9 Å². The van der Waals surface area contributed by atoms with Gasteiger partial charge >= 0.3 is 6.03 Å². The van der Waals surface area contributed by atoms with Crippen molar-refractivity contribution in [1.82, 2.24) is 20.2 Å². The van der Waals surface area contributed by atoms with Crippen LogP contribution in [0.2, 0.25) is 0 Å². The van der Waals surface area contributed by atoms with Crippen LogP contribution in [0.3, 0.4) is 0 Å². The molecule has 1 saturated heterocycles. The van der Waals surface area contributed by atoms with Gasteiger partial charge in [0.15, 0.2) is 0 Å². The first-order chi connectivity index (χ1) is 19.9. The van der Waals surface area contributed by atoms with Crippen molar-refractivity contribution in [3.8, 4) is 17.7 Å². The van der Waals surface area contributed by atoms with Crippen molar-refractivity contribution in [3.05, 3.63) is 65.3 Å². The number of para-hydroxylation sites is 1. The van der Waals surface area contributed by atoms with E-state index in [4.69, 9.17) is 10.00 Å². The number of pyridine rings is 2. The van der Waals surface area contributed by atoms with Crippen LogP contribution in [0, 0.1) is 18.3 Å². The summed E-state index contributed by atoms with van der Waals surface area (Å²) in [5.74, 6) is 0.472. The lowest BCUT2D eigenvalue weighted by molar-refractivity contribution is -0.131. The molecular weight excluding hydrogens is 542 g/mol. The molecule has 6 rings (SSSR count). The fourth-order valence-corrected chi connectivity index (χ4v) is 6.19. The van der Waals surface area contributed by atoms with Crippen molar-refractivity contribution in [3.63, 3.8) is 0 Å². The Balaban J connectivity index is 1.27. The smallest absolute Gasteiger partial charge is 0.331 e. The highest BCUT2D eigenvalue weighted by molar-refractivity contribution is 7.21. The number of aryl methyl sites for hydroxylation is 1. The number of nitrogens with one attached hydrogen (secondary N) is 2. The van der Waals surface area contributed by atoms with Gasteiger partial charge in [0.25, 0.3) is 5.91 Å². The number of benzene rings is 1. The van der Waals surface area contributed by atoms with Gasteiger partial charge in [0.1, 0.15) is 21.9 Å². The number of anilines is 3. The number of thiophene rings is 1. The topological polar surface area (TPSA) is 141 Å². The fraction of sp³-hybridized carbons (Fsp3) is 0.241. The van der Waals surface area contributed by atoms with Crippen molar-refractivity contribution in [2.75, 3.05) is 23.3 Å². The van der Waals surface area contributed by atoms with Crippen molar-refractivity contribution in [1.29, 1.82) is 5.26 Å². The Hall–Kier alpha value is -5.02. The van der Waals surface area contributed by atoms with Gasteiger partial charge in [-0.15, -0.1) is 11.3 Å². The summed E-state index contributed by atoms with van der Waals surface area (Å²) >= 11 is 1.20. The van der Waals surface area contributed by atoms with Crippen LogP contribution in [0.1, 0.15) is 34.6 Å². The molecule has 206 valence electrons. The minimum atomic E-state index is -0.426. The fourth-order valence-electron chi connectivity index (χ4n) is 5.17. The van der Waals surface area contributed by atoms with Gasteiger partial charge in [0.2, 0.25) is 11.8 Å². The standard InChI is InChI=1S/C29H25N7O4S/c1-17-20(9-10-22(32-17)40-19-7-3-2-4-8-19)36-21-12-14-31-28-24(21)25(34-29(36)39)26(41-28)27(38)33-18-6-5-15-35(16-18)23(37)11-13-30/h2-4,7-10,12,14,18H,5-6,11,15-16H2,1H3,(H,33,38)(H,34,39).